The van der Waals surface area contributed by atoms with E-state index in [1.165, 1.54) is 30.1 Å². The van der Waals surface area contributed by atoms with Gasteiger partial charge in [-0.25, -0.2) is 4.79 Å². The van der Waals surface area contributed by atoms with E-state index < -0.39 is 4.92 Å². The standard InChI is InChI=1S/C12H13N3O5/c1-13-8-11(16)14(12(13)17)6-7-20-10-5-3-2-4-9(10)15(18)19/h2-5H,6-8H2,1H3. The van der Waals surface area contributed by atoms with Gasteiger partial charge < -0.3 is 9.64 Å². The number of urea groups is 1. The van der Waals surface area contributed by atoms with Crippen molar-refractivity contribution in [2.75, 3.05) is 26.7 Å². The first-order valence-electron chi connectivity index (χ1n) is 5.92. The van der Waals surface area contributed by atoms with Gasteiger partial charge >= 0.3 is 11.7 Å². The predicted octanol–water partition coefficient (Wildman–Crippen LogP) is 0.868. The lowest BCUT2D eigenvalue weighted by Gasteiger charge is -2.14. The van der Waals surface area contributed by atoms with Crippen molar-refractivity contribution in [1.29, 1.82) is 0 Å². The van der Waals surface area contributed by atoms with Gasteiger partial charge in [-0.15, -0.1) is 0 Å². The van der Waals surface area contributed by atoms with E-state index in [0.717, 1.165) is 4.90 Å². The summed E-state index contributed by atoms with van der Waals surface area (Å²) in [5.74, 6) is -0.186. The Morgan fingerprint density at radius 1 is 1.35 bits per heavy atom. The second-order valence-corrected chi connectivity index (χ2v) is 4.26. The Balaban J connectivity index is 1.95. The largest absolute Gasteiger partial charge is 0.485 e. The normalized spacial score (nSPS) is 14.8. The van der Waals surface area contributed by atoms with Crippen LogP contribution in [-0.2, 0) is 4.79 Å². The van der Waals surface area contributed by atoms with Crippen molar-refractivity contribution in [2.45, 2.75) is 0 Å². The average molecular weight is 279 g/mol. The molecule has 0 aromatic heterocycles. The van der Waals surface area contributed by atoms with Crippen LogP contribution in [0.5, 0.6) is 5.75 Å². The summed E-state index contributed by atoms with van der Waals surface area (Å²) in [7, 11) is 1.53. The quantitative estimate of drug-likeness (QED) is 0.453. The van der Waals surface area contributed by atoms with Gasteiger partial charge in [0.1, 0.15) is 13.2 Å². The summed E-state index contributed by atoms with van der Waals surface area (Å²) in [6.45, 7) is 0.120. The number of para-hydroxylation sites is 2. The topological polar surface area (TPSA) is 93.0 Å². The third kappa shape index (κ3) is 2.68. The molecule has 8 nitrogen and oxygen atoms in total. The molecule has 0 N–H and O–H groups in total. The lowest BCUT2D eigenvalue weighted by atomic mass is 10.3. The van der Waals surface area contributed by atoms with E-state index in [-0.39, 0.29) is 43.1 Å². The zero-order valence-electron chi connectivity index (χ0n) is 10.8. The molecule has 20 heavy (non-hydrogen) atoms. The number of ether oxygens (including phenoxy) is 1. The molecule has 8 heteroatoms. The fourth-order valence-electron chi connectivity index (χ4n) is 1.87. The number of hydrogen-bond donors (Lipinski definition) is 0. The maximum Gasteiger partial charge on any atom is 0.327 e. The minimum absolute atomic E-state index is 0.0101. The molecule has 0 saturated carbocycles. The summed E-state index contributed by atoms with van der Waals surface area (Å²) in [5.41, 5.74) is -0.149. The lowest BCUT2D eigenvalue weighted by Crippen LogP contribution is -2.35. The molecule has 0 radical (unpaired) electrons. The van der Waals surface area contributed by atoms with E-state index in [2.05, 4.69) is 0 Å². The van der Waals surface area contributed by atoms with E-state index >= 15 is 0 Å². The van der Waals surface area contributed by atoms with Crippen molar-refractivity contribution >= 4 is 17.6 Å². The van der Waals surface area contributed by atoms with Gasteiger partial charge in [0.15, 0.2) is 5.75 Å². The monoisotopic (exact) mass is 279 g/mol. The first-order valence-corrected chi connectivity index (χ1v) is 5.92. The highest BCUT2D eigenvalue weighted by Crippen LogP contribution is 2.25. The van der Waals surface area contributed by atoms with Crippen molar-refractivity contribution in [2.24, 2.45) is 0 Å². The van der Waals surface area contributed by atoms with E-state index in [0.29, 0.717) is 0 Å². The zero-order valence-corrected chi connectivity index (χ0v) is 10.8. The molecule has 3 amide bonds. The zero-order chi connectivity index (χ0) is 14.7. The van der Waals surface area contributed by atoms with Gasteiger partial charge in [0, 0.05) is 13.1 Å². The van der Waals surface area contributed by atoms with E-state index in [4.69, 9.17) is 4.74 Å². The Hall–Kier alpha value is -2.64. The van der Waals surface area contributed by atoms with Crippen LogP contribution in [0.2, 0.25) is 0 Å². The molecule has 1 aliphatic rings. The molecule has 1 aromatic rings. The number of carbonyl (C=O) groups excluding carboxylic acids is 2. The van der Waals surface area contributed by atoms with Gasteiger partial charge in [-0.3, -0.25) is 19.8 Å². The van der Waals surface area contributed by atoms with E-state index in [1.54, 1.807) is 6.07 Å². The van der Waals surface area contributed by atoms with Gasteiger partial charge in [0.25, 0.3) is 0 Å². The summed E-state index contributed by atoms with van der Waals surface area (Å²) >= 11 is 0. The molecule has 106 valence electrons. The molecule has 0 atom stereocenters. The van der Waals surface area contributed by atoms with Crippen molar-refractivity contribution in [1.82, 2.24) is 9.80 Å². The number of nitrogens with zero attached hydrogens (tertiary/aromatic N) is 3. The molecule has 1 aromatic carbocycles. The molecule has 1 fully saturated rings. The maximum absolute atomic E-state index is 11.6. The number of nitro groups is 1. The van der Waals surface area contributed by atoms with Crippen LogP contribution in [0.25, 0.3) is 0 Å². The molecular weight excluding hydrogens is 266 g/mol. The third-order valence-corrected chi connectivity index (χ3v) is 2.87. The molecule has 1 heterocycles. The van der Waals surface area contributed by atoms with Crippen molar-refractivity contribution < 1.29 is 19.2 Å². The molecule has 0 bridgehead atoms. The Morgan fingerprint density at radius 2 is 2.05 bits per heavy atom. The van der Waals surface area contributed by atoms with Crippen molar-refractivity contribution in [3.63, 3.8) is 0 Å². The van der Waals surface area contributed by atoms with Crippen LogP contribution in [0.15, 0.2) is 24.3 Å². The molecular formula is C12H13N3O5. The van der Waals surface area contributed by atoms with E-state index in [9.17, 15) is 19.7 Å². The molecule has 2 rings (SSSR count). The van der Waals surface area contributed by atoms with Gasteiger partial charge in [-0.05, 0) is 6.07 Å². The number of carbonyl (C=O) groups is 2. The van der Waals surface area contributed by atoms with Gasteiger partial charge in [-0.2, -0.15) is 0 Å². The summed E-state index contributed by atoms with van der Waals surface area (Å²) in [5, 5.41) is 10.8. The van der Waals surface area contributed by atoms with Crippen LogP contribution in [0.3, 0.4) is 0 Å². The minimum Gasteiger partial charge on any atom is -0.485 e. The Morgan fingerprint density at radius 3 is 2.65 bits per heavy atom. The molecule has 1 saturated heterocycles. The number of rotatable bonds is 5. The molecule has 1 aliphatic heterocycles. The van der Waals surface area contributed by atoms with Crippen LogP contribution >= 0.6 is 0 Å². The highest BCUT2D eigenvalue weighted by atomic mass is 16.6. The first kappa shape index (κ1) is 13.8. The summed E-state index contributed by atoms with van der Waals surface area (Å²) in [4.78, 5) is 35.7. The molecule has 0 aliphatic carbocycles. The lowest BCUT2D eigenvalue weighted by molar-refractivity contribution is -0.385. The molecule has 0 unspecified atom stereocenters. The fourth-order valence-corrected chi connectivity index (χ4v) is 1.87. The fraction of sp³-hybridized carbons (Fsp3) is 0.333. The minimum atomic E-state index is -0.546. The smallest absolute Gasteiger partial charge is 0.327 e. The van der Waals surface area contributed by atoms with Crippen LogP contribution in [-0.4, -0.2) is 53.4 Å². The molecule has 0 spiro atoms. The van der Waals surface area contributed by atoms with Crippen LogP contribution in [0, 0.1) is 10.1 Å². The summed E-state index contributed by atoms with van der Waals surface area (Å²) in [6.07, 6.45) is 0. The van der Waals surface area contributed by atoms with Crippen molar-refractivity contribution in [3.8, 4) is 5.75 Å². The summed E-state index contributed by atoms with van der Waals surface area (Å²) in [6, 6.07) is 5.56. The van der Waals surface area contributed by atoms with E-state index in [1.807, 2.05) is 0 Å². The SMILES string of the molecule is CN1CC(=O)N(CCOc2ccccc2[N+](=O)[O-])C1=O. The second kappa shape index (κ2) is 5.55. The highest BCUT2D eigenvalue weighted by Gasteiger charge is 2.33. The number of nitro benzene ring substituents is 1. The van der Waals surface area contributed by atoms with Crippen LogP contribution in [0.1, 0.15) is 0 Å². The van der Waals surface area contributed by atoms with Gasteiger partial charge in [0.05, 0.1) is 11.5 Å². The summed E-state index contributed by atoms with van der Waals surface area (Å²) < 4.78 is 5.29. The number of amides is 3. The Labute approximate surface area is 114 Å². The second-order valence-electron chi connectivity index (χ2n) is 4.26. The average Bonchev–Trinajstić information content (AvgIpc) is 2.65. The van der Waals surface area contributed by atoms with Gasteiger partial charge in [0.2, 0.25) is 5.91 Å². The van der Waals surface area contributed by atoms with Gasteiger partial charge in [-0.1, -0.05) is 12.1 Å². The first-order chi connectivity index (χ1) is 9.50. The number of benzene rings is 1. The maximum atomic E-state index is 11.6. The highest BCUT2D eigenvalue weighted by molar-refractivity contribution is 6.01. The van der Waals surface area contributed by atoms with Crippen LogP contribution < -0.4 is 4.74 Å². The Bertz CT molecular complexity index is 560. The van der Waals surface area contributed by atoms with Crippen LogP contribution in [0.4, 0.5) is 10.5 Å². The number of hydrogen-bond acceptors (Lipinski definition) is 5. The Kier molecular flexibility index (Phi) is 3.83. The predicted molar refractivity (Wildman–Crippen MR) is 68.3 cm³/mol. The number of likely N-dealkylation sites (N-methyl/N-ethyl adjacent to an activating group) is 1. The number of imide groups is 1. The third-order valence-electron chi connectivity index (χ3n) is 2.87. The van der Waals surface area contributed by atoms with Crippen molar-refractivity contribution in [3.05, 3.63) is 34.4 Å².